The van der Waals surface area contributed by atoms with Crippen LogP contribution in [-0.4, -0.2) is 44.6 Å². The van der Waals surface area contributed by atoms with Crippen molar-refractivity contribution in [1.82, 2.24) is 19.8 Å². The lowest BCUT2D eigenvalue weighted by molar-refractivity contribution is -0.134. The quantitative estimate of drug-likeness (QED) is 0.588. The number of hydrogen-bond acceptors (Lipinski definition) is 5. The van der Waals surface area contributed by atoms with E-state index in [0.717, 1.165) is 42.3 Å². The first-order valence-electron chi connectivity index (χ1n) is 13.0. The van der Waals surface area contributed by atoms with E-state index in [1.54, 1.807) is 4.90 Å². The fourth-order valence-corrected chi connectivity index (χ4v) is 5.74. The summed E-state index contributed by atoms with van der Waals surface area (Å²) in [4.78, 5) is 34.3. The van der Waals surface area contributed by atoms with Gasteiger partial charge in [-0.05, 0) is 49.6 Å². The first kappa shape index (κ1) is 22.9. The molecular weight excluding hydrogens is 456 g/mol. The number of ether oxygens (including phenoxy) is 2. The Morgan fingerprint density at radius 2 is 1.81 bits per heavy atom. The number of amides is 2. The Morgan fingerprint density at radius 1 is 1.06 bits per heavy atom. The minimum Gasteiger partial charge on any atom is -0.454 e. The average molecular weight is 489 g/mol. The van der Waals surface area contributed by atoms with E-state index in [4.69, 9.17) is 9.47 Å². The molecule has 0 radical (unpaired) electrons. The van der Waals surface area contributed by atoms with Gasteiger partial charge >= 0.3 is 0 Å². The lowest BCUT2D eigenvalue weighted by atomic mass is 9.92. The van der Waals surface area contributed by atoms with Crippen molar-refractivity contribution in [3.63, 3.8) is 0 Å². The van der Waals surface area contributed by atoms with Crippen LogP contribution in [0.25, 0.3) is 11.0 Å². The van der Waals surface area contributed by atoms with Gasteiger partial charge in [0.2, 0.25) is 12.7 Å². The van der Waals surface area contributed by atoms with E-state index in [-0.39, 0.29) is 31.2 Å². The zero-order chi connectivity index (χ0) is 24.7. The number of aromatic nitrogens is 2. The molecule has 0 unspecified atom stereocenters. The minimum absolute atomic E-state index is 0.106. The van der Waals surface area contributed by atoms with Crippen molar-refractivity contribution in [1.29, 1.82) is 0 Å². The summed E-state index contributed by atoms with van der Waals surface area (Å²) in [5, 5.41) is 3.33. The summed E-state index contributed by atoms with van der Waals surface area (Å²) in [5.41, 5.74) is 1.43. The summed E-state index contributed by atoms with van der Waals surface area (Å²) in [6.45, 7) is 2.69. The van der Waals surface area contributed by atoms with Crippen LogP contribution in [0.2, 0.25) is 0 Å². The summed E-state index contributed by atoms with van der Waals surface area (Å²) in [7, 11) is 0. The summed E-state index contributed by atoms with van der Waals surface area (Å²) >= 11 is 0. The zero-order valence-electron chi connectivity index (χ0n) is 20.7. The normalized spacial score (nSPS) is 22.2. The SMILES string of the molecule is C[C@]1(C(=O)NC2CCCCCCC2)Cn2c(nc3ccccc32)C(=O)N1Cc1ccc2c(c1)OCO2. The summed E-state index contributed by atoms with van der Waals surface area (Å²) in [5.74, 6) is 1.37. The molecule has 188 valence electrons. The molecule has 3 aromatic rings. The maximum absolute atomic E-state index is 14.0. The highest BCUT2D eigenvalue weighted by molar-refractivity contribution is 6.01. The van der Waals surface area contributed by atoms with Gasteiger partial charge in [-0.2, -0.15) is 0 Å². The molecular formula is C28H32N4O4. The Kier molecular flexibility index (Phi) is 5.82. The van der Waals surface area contributed by atoms with Crippen LogP contribution in [0.1, 0.15) is 68.1 Å². The molecule has 2 aliphatic heterocycles. The van der Waals surface area contributed by atoms with Crippen LogP contribution in [0.3, 0.4) is 0 Å². The first-order chi connectivity index (χ1) is 17.5. The van der Waals surface area contributed by atoms with Gasteiger partial charge < -0.3 is 24.3 Å². The fourth-order valence-electron chi connectivity index (χ4n) is 5.74. The molecule has 1 aliphatic carbocycles. The molecule has 0 bridgehead atoms. The Morgan fingerprint density at radius 3 is 2.64 bits per heavy atom. The van der Waals surface area contributed by atoms with Gasteiger partial charge in [-0.15, -0.1) is 0 Å². The molecule has 3 heterocycles. The zero-order valence-corrected chi connectivity index (χ0v) is 20.7. The van der Waals surface area contributed by atoms with Crippen molar-refractivity contribution in [3.8, 4) is 11.5 Å². The van der Waals surface area contributed by atoms with Crippen LogP contribution < -0.4 is 14.8 Å². The lowest BCUT2D eigenvalue weighted by Crippen LogP contribution is -2.64. The van der Waals surface area contributed by atoms with E-state index in [1.165, 1.54) is 19.3 Å². The highest BCUT2D eigenvalue weighted by atomic mass is 16.7. The minimum atomic E-state index is -1.08. The highest BCUT2D eigenvalue weighted by Gasteiger charge is 2.48. The second-order valence-electron chi connectivity index (χ2n) is 10.4. The van der Waals surface area contributed by atoms with Crippen LogP contribution in [0.5, 0.6) is 11.5 Å². The Bertz CT molecular complexity index is 1310. The van der Waals surface area contributed by atoms with Crippen molar-refractivity contribution in [2.45, 2.75) is 76.5 Å². The smallest absolute Gasteiger partial charge is 0.291 e. The van der Waals surface area contributed by atoms with Crippen LogP contribution in [-0.2, 0) is 17.9 Å². The van der Waals surface area contributed by atoms with Crippen molar-refractivity contribution in [2.75, 3.05) is 6.79 Å². The molecule has 6 rings (SSSR count). The molecule has 2 aromatic carbocycles. The van der Waals surface area contributed by atoms with Crippen LogP contribution in [0, 0.1) is 0 Å². The predicted octanol–water partition coefficient (Wildman–Crippen LogP) is 4.41. The van der Waals surface area contributed by atoms with E-state index in [1.807, 2.05) is 54.0 Å². The number of carbonyl (C=O) groups excluding carboxylic acids is 2. The first-order valence-corrected chi connectivity index (χ1v) is 13.0. The number of nitrogens with zero attached hydrogens (tertiary/aromatic N) is 3. The molecule has 1 saturated carbocycles. The van der Waals surface area contributed by atoms with Gasteiger partial charge in [-0.3, -0.25) is 9.59 Å². The average Bonchev–Trinajstić information content (AvgIpc) is 3.47. The third-order valence-electron chi connectivity index (χ3n) is 7.86. The number of rotatable bonds is 4. The topological polar surface area (TPSA) is 85.7 Å². The van der Waals surface area contributed by atoms with Crippen molar-refractivity contribution < 1.29 is 19.1 Å². The predicted molar refractivity (Wildman–Crippen MR) is 135 cm³/mol. The third kappa shape index (κ3) is 3.98. The second kappa shape index (κ2) is 9.15. The van der Waals surface area contributed by atoms with Crippen LogP contribution >= 0.6 is 0 Å². The summed E-state index contributed by atoms with van der Waals surface area (Å²) in [6.07, 6.45) is 7.90. The molecule has 1 fully saturated rings. The fraction of sp³-hybridized carbons (Fsp3) is 0.464. The van der Waals surface area contributed by atoms with Gasteiger partial charge in [0.15, 0.2) is 17.3 Å². The molecule has 2 amide bonds. The van der Waals surface area contributed by atoms with E-state index in [2.05, 4.69) is 10.3 Å². The van der Waals surface area contributed by atoms with Gasteiger partial charge in [0.05, 0.1) is 17.6 Å². The number of imidazole rings is 1. The molecule has 3 aliphatic rings. The molecule has 0 saturated heterocycles. The largest absolute Gasteiger partial charge is 0.454 e. The standard InChI is InChI=1S/C28H32N4O4/c1-28(27(34)29-20-9-5-3-2-4-6-10-20)17-31-22-12-8-7-11-21(22)30-25(31)26(33)32(28)16-19-13-14-23-24(15-19)36-18-35-23/h7-8,11-15,20H,2-6,9-10,16-18H2,1H3,(H,29,34)/t28-/m1/s1. The Balaban J connectivity index is 1.36. The summed E-state index contributed by atoms with van der Waals surface area (Å²) < 4.78 is 12.9. The van der Waals surface area contributed by atoms with Gasteiger partial charge in [-0.1, -0.05) is 50.3 Å². The van der Waals surface area contributed by atoms with Crippen molar-refractivity contribution in [3.05, 3.63) is 53.9 Å². The monoisotopic (exact) mass is 488 g/mol. The molecule has 8 heteroatoms. The van der Waals surface area contributed by atoms with Gasteiger partial charge in [-0.25, -0.2) is 4.98 Å². The Hall–Kier alpha value is -3.55. The maximum atomic E-state index is 14.0. The molecule has 1 atom stereocenters. The lowest BCUT2D eigenvalue weighted by Gasteiger charge is -2.44. The molecule has 1 aromatic heterocycles. The van der Waals surface area contributed by atoms with Crippen molar-refractivity contribution in [2.24, 2.45) is 0 Å². The van der Waals surface area contributed by atoms with E-state index in [0.29, 0.717) is 23.9 Å². The van der Waals surface area contributed by atoms with E-state index >= 15 is 0 Å². The molecule has 0 spiro atoms. The number of benzene rings is 2. The number of nitrogens with one attached hydrogen (secondary N) is 1. The highest BCUT2D eigenvalue weighted by Crippen LogP contribution is 2.36. The number of fused-ring (bicyclic) bond motifs is 4. The number of hydrogen-bond donors (Lipinski definition) is 1. The van der Waals surface area contributed by atoms with E-state index in [9.17, 15) is 9.59 Å². The van der Waals surface area contributed by atoms with Gasteiger partial charge in [0.25, 0.3) is 5.91 Å². The third-order valence-corrected chi connectivity index (χ3v) is 7.86. The molecule has 1 N–H and O–H groups in total. The molecule has 36 heavy (non-hydrogen) atoms. The van der Waals surface area contributed by atoms with Crippen molar-refractivity contribution >= 4 is 22.8 Å². The molecule has 8 nitrogen and oxygen atoms in total. The maximum Gasteiger partial charge on any atom is 0.291 e. The number of carbonyl (C=O) groups is 2. The Labute approximate surface area is 210 Å². The second-order valence-corrected chi connectivity index (χ2v) is 10.4. The van der Waals surface area contributed by atoms with Crippen LogP contribution in [0.15, 0.2) is 42.5 Å². The van der Waals surface area contributed by atoms with E-state index < -0.39 is 5.54 Å². The van der Waals surface area contributed by atoms with Gasteiger partial charge in [0.1, 0.15) is 5.54 Å². The summed E-state index contributed by atoms with van der Waals surface area (Å²) in [6, 6.07) is 13.5. The van der Waals surface area contributed by atoms with Gasteiger partial charge in [0, 0.05) is 12.6 Å². The van der Waals surface area contributed by atoms with Crippen LogP contribution in [0.4, 0.5) is 0 Å². The number of para-hydroxylation sites is 2.